The van der Waals surface area contributed by atoms with Crippen molar-refractivity contribution >= 4 is 23.4 Å². The van der Waals surface area contributed by atoms with Crippen molar-refractivity contribution in [3.63, 3.8) is 0 Å². The zero-order valence-corrected chi connectivity index (χ0v) is 21.8. The molecule has 202 valence electrons. The molecule has 0 radical (unpaired) electrons. The summed E-state index contributed by atoms with van der Waals surface area (Å²) in [5.74, 6) is -1.38. The number of carbonyl (C=O) groups excluding carboxylic acids is 3. The third kappa shape index (κ3) is 5.71. The molecule has 3 amide bonds. The average molecular weight is 530 g/mol. The average Bonchev–Trinajstić information content (AvgIpc) is 3.21. The summed E-state index contributed by atoms with van der Waals surface area (Å²) in [6.07, 6.45) is 1.85. The maximum Gasteiger partial charge on any atom is 0.263 e. The Hall–Kier alpha value is -4.04. The number of halogens is 1. The molecule has 0 aromatic heterocycles. The number of benzene rings is 3. The van der Waals surface area contributed by atoms with Crippen LogP contribution in [0.2, 0.25) is 0 Å². The van der Waals surface area contributed by atoms with Gasteiger partial charge in [0.25, 0.3) is 11.8 Å². The lowest BCUT2D eigenvalue weighted by Crippen LogP contribution is -2.45. The first kappa shape index (κ1) is 26.6. The molecule has 8 heteroatoms. The minimum absolute atomic E-state index is 0.0238. The number of piperidine rings is 1. The van der Waals surface area contributed by atoms with Crippen molar-refractivity contribution in [3.05, 3.63) is 101 Å². The van der Waals surface area contributed by atoms with Gasteiger partial charge < -0.3 is 14.9 Å². The maximum absolute atomic E-state index is 13.6. The molecule has 2 aliphatic rings. The Morgan fingerprint density at radius 3 is 2.51 bits per heavy atom. The molecule has 7 nitrogen and oxygen atoms in total. The van der Waals surface area contributed by atoms with Gasteiger partial charge in [0, 0.05) is 32.7 Å². The van der Waals surface area contributed by atoms with Crippen LogP contribution in [0.1, 0.15) is 44.7 Å². The predicted octanol–water partition coefficient (Wildman–Crippen LogP) is 3.90. The smallest absolute Gasteiger partial charge is 0.263 e. The van der Waals surface area contributed by atoms with E-state index < -0.39 is 0 Å². The van der Waals surface area contributed by atoms with E-state index in [2.05, 4.69) is 0 Å². The van der Waals surface area contributed by atoms with Crippen LogP contribution in [-0.2, 0) is 17.8 Å². The summed E-state index contributed by atoms with van der Waals surface area (Å²) >= 11 is 0. The molecule has 1 fully saturated rings. The van der Waals surface area contributed by atoms with E-state index in [1.807, 2.05) is 41.3 Å². The van der Waals surface area contributed by atoms with Crippen LogP contribution < -0.4 is 4.90 Å². The SMILES string of the molecule is O=C(C1CCCN(c2cccc3c2C(=O)N(CCc2cccc(F)c2)C3=O)C1)N(CCO)Cc1ccccc1. The first-order chi connectivity index (χ1) is 19.0. The summed E-state index contributed by atoms with van der Waals surface area (Å²) in [5.41, 5.74) is 3.10. The second-order valence-electron chi connectivity index (χ2n) is 10.1. The number of aliphatic hydroxyl groups excluding tert-OH is 1. The van der Waals surface area contributed by atoms with Gasteiger partial charge in [-0.05, 0) is 54.7 Å². The number of rotatable bonds is 9. The topological polar surface area (TPSA) is 81.2 Å². The van der Waals surface area contributed by atoms with Crippen molar-refractivity contribution in [3.8, 4) is 0 Å². The number of aliphatic hydroxyl groups is 1. The third-order valence-electron chi connectivity index (χ3n) is 7.50. The van der Waals surface area contributed by atoms with E-state index in [-0.39, 0.29) is 49.2 Å². The molecule has 3 aromatic rings. The van der Waals surface area contributed by atoms with Gasteiger partial charge >= 0.3 is 0 Å². The molecule has 0 aliphatic carbocycles. The largest absolute Gasteiger partial charge is 0.395 e. The van der Waals surface area contributed by atoms with Gasteiger partial charge in [0.15, 0.2) is 0 Å². The Kier molecular flexibility index (Phi) is 8.02. The first-order valence-corrected chi connectivity index (χ1v) is 13.4. The normalized spacial score (nSPS) is 16.9. The molecule has 2 aliphatic heterocycles. The molecular weight excluding hydrogens is 497 g/mol. The van der Waals surface area contributed by atoms with Crippen LogP contribution in [0.5, 0.6) is 0 Å². The predicted molar refractivity (Wildman–Crippen MR) is 146 cm³/mol. The number of imide groups is 1. The Morgan fingerprint density at radius 1 is 0.974 bits per heavy atom. The van der Waals surface area contributed by atoms with Crippen molar-refractivity contribution in [2.45, 2.75) is 25.8 Å². The third-order valence-corrected chi connectivity index (χ3v) is 7.50. The Balaban J connectivity index is 1.32. The molecule has 39 heavy (non-hydrogen) atoms. The van der Waals surface area contributed by atoms with Crippen molar-refractivity contribution < 1.29 is 23.9 Å². The van der Waals surface area contributed by atoms with Crippen molar-refractivity contribution in [2.24, 2.45) is 5.92 Å². The second kappa shape index (κ2) is 11.8. The maximum atomic E-state index is 13.6. The van der Waals surface area contributed by atoms with Gasteiger partial charge in [-0.1, -0.05) is 48.5 Å². The van der Waals surface area contributed by atoms with E-state index in [1.54, 1.807) is 29.2 Å². The minimum atomic E-state index is -0.360. The molecule has 1 unspecified atom stereocenters. The van der Waals surface area contributed by atoms with Crippen LogP contribution in [0.25, 0.3) is 0 Å². The fourth-order valence-electron chi connectivity index (χ4n) is 5.56. The highest BCUT2D eigenvalue weighted by Crippen LogP contribution is 2.34. The van der Waals surface area contributed by atoms with Gasteiger partial charge in [-0.2, -0.15) is 0 Å². The number of amides is 3. The zero-order chi connectivity index (χ0) is 27.4. The number of hydrogen-bond donors (Lipinski definition) is 1. The summed E-state index contributed by atoms with van der Waals surface area (Å²) in [6, 6.07) is 21.1. The fourth-order valence-corrected chi connectivity index (χ4v) is 5.56. The van der Waals surface area contributed by atoms with Crippen LogP contribution in [0.4, 0.5) is 10.1 Å². The van der Waals surface area contributed by atoms with Crippen LogP contribution in [-0.4, -0.2) is 65.4 Å². The number of fused-ring (bicyclic) bond motifs is 1. The number of carbonyl (C=O) groups is 3. The highest BCUT2D eigenvalue weighted by atomic mass is 19.1. The highest BCUT2D eigenvalue weighted by molar-refractivity contribution is 6.23. The second-order valence-corrected chi connectivity index (χ2v) is 10.1. The molecule has 1 atom stereocenters. The van der Waals surface area contributed by atoms with E-state index in [0.29, 0.717) is 54.9 Å². The molecule has 3 aromatic carbocycles. The van der Waals surface area contributed by atoms with Gasteiger partial charge in [-0.25, -0.2) is 4.39 Å². The van der Waals surface area contributed by atoms with Gasteiger partial charge in [0.1, 0.15) is 5.82 Å². The molecule has 0 spiro atoms. The molecule has 2 heterocycles. The van der Waals surface area contributed by atoms with Crippen molar-refractivity contribution in [1.29, 1.82) is 0 Å². The molecule has 0 bridgehead atoms. The monoisotopic (exact) mass is 529 g/mol. The fraction of sp³-hybridized carbons (Fsp3) is 0.323. The van der Waals surface area contributed by atoms with Crippen molar-refractivity contribution in [2.75, 3.05) is 37.7 Å². The van der Waals surface area contributed by atoms with Crippen LogP contribution in [0.3, 0.4) is 0 Å². The standard InChI is InChI=1S/C31H32FN3O4/c32-25-11-4-9-22(19-25)14-16-35-30(38)26-12-5-13-27(28(26)31(35)39)33-15-6-10-24(21-33)29(37)34(17-18-36)20-23-7-2-1-3-8-23/h1-5,7-9,11-13,19,24,36H,6,10,14-18,20-21H2. The zero-order valence-electron chi connectivity index (χ0n) is 21.8. The Labute approximate surface area is 227 Å². The summed E-state index contributed by atoms with van der Waals surface area (Å²) < 4.78 is 13.6. The summed E-state index contributed by atoms with van der Waals surface area (Å²) in [4.78, 5) is 45.1. The van der Waals surface area contributed by atoms with E-state index in [1.165, 1.54) is 17.0 Å². The van der Waals surface area contributed by atoms with Crippen LogP contribution >= 0.6 is 0 Å². The summed E-state index contributed by atoms with van der Waals surface area (Å²) in [6.45, 7) is 1.80. The number of anilines is 1. The van der Waals surface area contributed by atoms with Crippen molar-refractivity contribution in [1.82, 2.24) is 9.80 Å². The highest BCUT2D eigenvalue weighted by Gasteiger charge is 2.39. The van der Waals surface area contributed by atoms with E-state index in [4.69, 9.17) is 0 Å². The number of hydrogen-bond acceptors (Lipinski definition) is 5. The van der Waals surface area contributed by atoms with Crippen LogP contribution in [0, 0.1) is 11.7 Å². The first-order valence-electron chi connectivity index (χ1n) is 13.4. The number of nitrogens with zero attached hydrogens (tertiary/aromatic N) is 3. The van der Waals surface area contributed by atoms with Gasteiger partial charge in [-0.3, -0.25) is 19.3 Å². The van der Waals surface area contributed by atoms with E-state index >= 15 is 0 Å². The lowest BCUT2D eigenvalue weighted by atomic mass is 9.94. The molecule has 0 saturated carbocycles. The van der Waals surface area contributed by atoms with Crippen LogP contribution in [0.15, 0.2) is 72.8 Å². The summed E-state index contributed by atoms with van der Waals surface area (Å²) in [7, 11) is 0. The van der Waals surface area contributed by atoms with Gasteiger partial charge in [-0.15, -0.1) is 0 Å². The van der Waals surface area contributed by atoms with E-state index in [0.717, 1.165) is 12.0 Å². The van der Waals surface area contributed by atoms with E-state index in [9.17, 15) is 23.9 Å². The molecule has 5 rings (SSSR count). The Bertz CT molecular complexity index is 1360. The lowest BCUT2D eigenvalue weighted by Gasteiger charge is -2.36. The van der Waals surface area contributed by atoms with Gasteiger partial charge in [0.05, 0.1) is 29.3 Å². The molecular formula is C31H32FN3O4. The lowest BCUT2D eigenvalue weighted by molar-refractivity contribution is -0.137. The minimum Gasteiger partial charge on any atom is -0.395 e. The van der Waals surface area contributed by atoms with Gasteiger partial charge in [0.2, 0.25) is 5.91 Å². The Morgan fingerprint density at radius 2 is 1.74 bits per heavy atom. The quantitative estimate of drug-likeness (QED) is 0.426. The molecule has 1 saturated heterocycles. The molecule has 1 N–H and O–H groups in total. The summed E-state index contributed by atoms with van der Waals surface area (Å²) in [5, 5.41) is 9.61.